The lowest BCUT2D eigenvalue weighted by Gasteiger charge is -2.08. The van der Waals surface area contributed by atoms with Crippen molar-refractivity contribution in [3.8, 4) is 5.82 Å². The van der Waals surface area contributed by atoms with E-state index in [1.807, 2.05) is 13.8 Å². The summed E-state index contributed by atoms with van der Waals surface area (Å²) in [6.07, 6.45) is -3.65. The van der Waals surface area contributed by atoms with Gasteiger partial charge in [-0.15, -0.1) is 0 Å². The van der Waals surface area contributed by atoms with Crippen LogP contribution in [0.1, 0.15) is 48.2 Å². The molecule has 0 spiro atoms. The fraction of sp³-hybridized carbons (Fsp3) is 0.304. The smallest absolute Gasteiger partial charge is 0.417 e. The van der Waals surface area contributed by atoms with Crippen molar-refractivity contribution in [2.24, 2.45) is 0 Å². The highest BCUT2D eigenvalue weighted by Gasteiger charge is 2.31. The molecule has 4 aromatic rings. The topological polar surface area (TPSA) is 85.8 Å². The van der Waals surface area contributed by atoms with E-state index in [0.29, 0.717) is 39.6 Å². The number of carbonyl (C=O) groups is 1. The van der Waals surface area contributed by atoms with E-state index in [4.69, 9.17) is 4.42 Å². The first-order valence-electron chi connectivity index (χ1n) is 10.3. The average Bonchev–Trinajstić information content (AvgIpc) is 3.29. The van der Waals surface area contributed by atoms with Crippen molar-refractivity contribution in [2.75, 3.05) is 5.32 Å². The third-order valence-corrected chi connectivity index (χ3v) is 5.25. The number of nitrogens with zero attached hydrogens (tertiary/aromatic N) is 4. The van der Waals surface area contributed by atoms with E-state index in [2.05, 4.69) is 20.4 Å². The van der Waals surface area contributed by atoms with Crippen LogP contribution in [-0.4, -0.2) is 25.7 Å². The number of fused-ring (bicyclic) bond motifs is 1. The minimum Gasteiger partial charge on any atom is -0.440 e. The van der Waals surface area contributed by atoms with Crippen molar-refractivity contribution in [3.63, 3.8) is 0 Å². The van der Waals surface area contributed by atoms with Crippen molar-refractivity contribution in [1.82, 2.24) is 19.7 Å². The van der Waals surface area contributed by atoms with Gasteiger partial charge in [0.1, 0.15) is 5.52 Å². The maximum Gasteiger partial charge on any atom is 0.417 e. The molecule has 0 fully saturated rings. The Bertz CT molecular complexity index is 1320. The molecule has 33 heavy (non-hydrogen) atoms. The number of aryl methyl sites for hydroxylation is 1. The highest BCUT2D eigenvalue weighted by molar-refractivity contribution is 5.94. The van der Waals surface area contributed by atoms with Crippen LogP contribution in [0.25, 0.3) is 16.9 Å². The number of halogens is 3. The molecule has 0 aliphatic rings. The highest BCUT2D eigenvalue weighted by atomic mass is 19.4. The normalized spacial score (nSPS) is 12.0. The number of rotatable bonds is 5. The lowest BCUT2D eigenvalue weighted by Crippen LogP contribution is -2.15. The molecule has 172 valence electrons. The third-order valence-electron chi connectivity index (χ3n) is 5.25. The van der Waals surface area contributed by atoms with Gasteiger partial charge in [-0.2, -0.15) is 18.3 Å². The van der Waals surface area contributed by atoms with E-state index in [1.165, 1.54) is 10.7 Å². The van der Waals surface area contributed by atoms with Crippen LogP contribution in [0.3, 0.4) is 0 Å². The van der Waals surface area contributed by atoms with E-state index in [1.54, 1.807) is 32.0 Å². The number of hydrogen-bond donors (Lipinski definition) is 1. The second-order valence-corrected chi connectivity index (χ2v) is 8.08. The average molecular weight is 457 g/mol. The second kappa shape index (κ2) is 8.34. The molecule has 0 bridgehead atoms. The number of carbonyl (C=O) groups excluding carboxylic acids is 1. The predicted molar refractivity (Wildman–Crippen MR) is 116 cm³/mol. The number of pyridine rings is 1. The molecular formula is C23H22F3N5O2. The van der Waals surface area contributed by atoms with Crippen LogP contribution in [-0.2, 0) is 17.4 Å². The third kappa shape index (κ3) is 4.59. The van der Waals surface area contributed by atoms with Crippen LogP contribution in [0.5, 0.6) is 0 Å². The summed E-state index contributed by atoms with van der Waals surface area (Å²) >= 11 is 0. The molecule has 0 unspecified atom stereocenters. The number of oxazole rings is 1. The van der Waals surface area contributed by atoms with Gasteiger partial charge in [0.05, 0.1) is 17.7 Å². The molecule has 0 aliphatic carbocycles. The zero-order valence-corrected chi connectivity index (χ0v) is 18.5. The number of anilines is 1. The van der Waals surface area contributed by atoms with Crippen LogP contribution in [0.15, 0.2) is 40.9 Å². The summed E-state index contributed by atoms with van der Waals surface area (Å²) in [6.45, 7) is 7.46. The molecule has 0 aliphatic heterocycles. The van der Waals surface area contributed by atoms with Gasteiger partial charge in [0.2, 0.25) is 5.91 Å². The van der Waals surface area contributed by atoms with Gasteiger partial charge in [-0.25, -0.2) is 14.6 Å². The fourth-order valence-electron chi connectivity index (χ4n) is 3.47. The molecule has 1 amide bonds. The summed E-state index contributed by atoms with van der Waals surface area (Å²) in [7, 11) is 0. The van der Waals surface area contributed by atoms with Crippen molar-refractivity contribution in [2.45, 2.75) is 46.2 Å². The van der Waals surface area contributed by atoms with Gasteiger partial charge in [0.15, 0.2) is 17.3 Å². The molecule has 4 rings (SSSR count). The highest BCUT2D eigenvalue weighted by Crippen LogP contribution is 2.29. The van der Waals surface area contributed by atoms with Gasteiger partial charge in [-0.05, 0) is 44.2 Å². The van der Waals surface area contributed by atoms with Crippen molar-refractivity contribution in [3.05, 3.63) is 64.9 Å². The van der Waals surface area contributed by atoms with Gasteiger partial charge in [0, 0.05) is 29.1 Å². The van der Waals surface area contributed by atoms with E-state index in [-0.39, 0.29) is 24.1 Å². The Labute approximate surface area is 187 Å². The maximum absolute atomic E-state index is 12.8. The molecule has 1 N–H and O–H groups in total. The van der Waals surface area contributed by atoms with Gasteiger partial charge in [-0.3, -0.25) is 4.79 Å². The first kappa shape index (κ1) is 22.5. The van der Waals surface area contributed by atoms with Crippen molar-refractivity contribution < 1.29 is 22.4 Å². The number of nitrogens with one attached hydrogen (secondary N) is 1. The van der Waals surface area contributed by atoms with E-state index in [0.717, 1.165) is 12.3 Å². The molecule has 10 heteroatoms. The number of alkyl halides is 3. The molecule has 0 atom stereocenters. The van der Waals surface area contributed by atoms with Crippen LogP contribution in [0.2, 0.25) is 0 Å². The van der Waals surface area contributed by atoms with Gasteiger partial charge < -0.3 is 9.73 Å². The van der Waals surface area contributed by atoms with Crippen LogP contribution in [0, 0.1) is 13.8 Å². The summed E-state index contributed by atoms with van der Waals surface area (Å²) < 4.78 is 45.5. The molecule has 7 nitrogen and oxygen atoms in total. The molecule has 0 radical (unpaired) electrons. The largest absolute Gasteiger partial charge is 0.440 e. The first-order valence-corrected chi connectivity index (χ1v) is 10.3. The number of aromatic nitrogens is 4. The summed E-state index contributed by atoms with van der Waals surface area (Å²) in [5, 5.41) is 7.21. The van der Waals surface area contributed by atoms with E-state index < -0.39 is 11.7 Å². The number of benzene rings is 1. The fourth-order valence-corrected chi connectivity index (χ4v) is 3.47. The Balaban J connectivity index is 1.52. The lowest BCUT2D eigenvalue weighted by molar-refractivity contribution is -0.137. The van der Waals surface area contributed by atoms with Crippen LogP contribution in [0.4, 0.5) is 18.9 Å². The monoisotopic (exact) mass is 457 g/mol. The van der Waals surface area contributed by atoms with Crippen LogP contribution >= 0.6 is 0 Å². The maximum atomic E-state index is 12.8. The van der Waals surface area contributed by atoms with Gasteiger partial charge in [0.25, 0.3) is 0 Å². The van der Waals surface area contributed by atoms with Gasteiger partial charge >= 0.3 is 6.18 Å². The first-order chi connectivity index (χ1) is 15.5. The predicted octanol–water partition coefficient (Wildman–Crippen LogP) is 5.35. The quantitative estimate of drug-likeness (QED) is 0.437. The summed E-state index contributed by atoms with van der Waals surface area (Å²) in [6, 6.07) is 7.46. The van der Waals surface area contributed by atoms with E-state index in [9.17, 15) is 18.0 Å². The van der Waals surface area contributed by atoms with Gasteiger partial charge in [-0.1, -0.05) is 13.8 Å². The summed E-state index contributed by atoms with van der Waals surface area (Å²) in [5.74, 6) is 0.766. The molecule has 1 aromatic carbocycles. The Morgan fingerprint density at radius 1 is 1.18 bits per heavy atom. The minimum atomic E-state index is -4.46. The molecule has 0 saturated heterocycles. The molecule has 0 saturated carbocycles. The zero-order chi connectivity index (χ0) is 23.9. The Morgan fingerprint density at radius 2 is 1.94 bits per heavy atom. The second-order valence-electron chi connectivity index (χ2n) is 8.08. The van der Waals surface area contributed by atoms with Crippen LogP contribution < -0.4 is 5.32 Å². The number of amides is 1. The molecule has 3 heterocycles. The SMILES string of the molecule is Cc1nn(-c2ccc(C(F)(F)F)cn2)c(C)c1CC(=O)Nc1ccc2oc(C(C)C)nc2c1. The Kier molecular flexibility index (Phi) is 5.69. The molecule has 3 aromatic heterocycles. The lowest BCUT2D eigenvalue weighted by atomic mass is 10.1. The summed E-state index contributed by atoms with van der Waals surface area (Å²) in [5.41, 5.74) is 2.96. The van der Waals surface area contributed by atoms with Crippen molar-refractivity contribution in [1.29, 1.82) is 0 Å². The number of hydrogen-bond acceptors (Lipinski definition) is 5. The van der Waals surface area contributed by atoms with Crippen molar-refractivity contribution >= 4 is 22.7 Å². The molecular weight excluding hydrogens is 435 g/mol. The van der Waals surface area contributed by atoms with E-state index >= 15 is 0 Å². The Hall–Kier alpha value is -3.69. The summed E-state index contributed by atoms with van der Waals surface area (Å²) in [4.78, 5) is 21.0. The zero-order valence-electron chi connectivity index (χ0n) is 18.5. The standard InChI is InChI=1S/C23H22F3N5O2/c1-12(2)22-29-18-9-16(6-7-19(18)33-22)28-21(32)10-17-13(3)30-31(14(17)4)20-8-5-15(11-27-20)23(24,25)26/h5-9,11-12H,10H2,1-4H3,(H,28,32). The minimum absolute atomic E-state index is 0.0480. The Morgan fingerprint density at radius 3 is 2.58 bits per heavy atom.